The number of aromatic nitrogens is 1. The number of rotatable bonds is 5. The summed E-state index contributed by atoms with van der Waals surface area (Å²) in [6.07, 6.45) is 4.10. The summed E-state index contributed by atoms with van der Waals surface area (Å²) in [5, 5.41) is 3.57. The van der Waals surface area contributed by atoms with Crippen molar-refractivity contribution in [2.45, 2.75) is 66.0 Å². The summed E-state index contributed by atoms with van der Waals surface area (Å²) in [6, 6.07) is 0. The van der Waals surface area contributed by atoms with E-state index < -0.39 is 0 Å². The van der Waals surface area contributed by atoms with E-state index in [1.165, 1.54) is 6.42 Å². The Morgan fingerprint density at radius 3 is 2.48 bits per heavy atom. The van der Waals surface area contributed by atoms with E-state index in [0.29, 0.717) is 23.1 Å². The number of H-pyrrole nitrogens is 1. The number of nitrogens with zero attached hydrogens (tertiary/aromatic N) is 3. The molecular formula is C17H26N4O2. The van der Waals surface area contributed by atoms with Crippen molar-refractivity contribution in [1.29, 1.82) is 0 Å². The Bertz CT molecular complexity index is 651. The van der Waals surface area contributed by atoms with E-state index in [9.17, 15) is 4.79 Å². The van der Waals surface area contributed by atoms with Crippen molar-refractivity contribution >= 4 is 0 Å². The first-order valence-corrected chi connectivity index (χ1v) is 8.38. The van der Waals surface area contributed by atoms with Crippen LogP contribution in [0.5, 0.6) is 5.75 Å². The van der Waals surface area contributed by atoms with E-state index in [1.807, 2.05) is 13.8 Å². The van der Waals surface area contributed by atoms with Crippen LogP contribution in [0, 0.1) is 18.8 Å². The second kappa shape index (κ2) is 7.55. The highest BCUT2D eigenvalue weighted by molar-refractivity contribution is 5.42. The monoisotopic (exact) mass is 318 g/mol. The van der Waals surface area contributed by atoms with Crippen LogP contribution in [0.3, 0.4) is 0 Å². The van der Waals surface area contributed by atoms with Gasteiger partial charge in [-0.15, -0.1) is 0 Å². The summed E-state index contributed by atoms with van der Waals surface area (Å²) in [5.41, 5.74) is 10.6. The molecule has 2 atom stereocenters. The number of aryl methyl sites for hydroxylation is 1. The molecule has 2 unspecified atom stereocenters. The summed E-state index contributed by atoms with van der Waals surface area (Å²) >= 11 is 0. The van der Waals surface area contributed by atoms with Gasteiger partial charge < -0.3 is 9.72 Å². The lowest BCUT2D eigenvalue weighted by Crippen LogP contribution is -2.30. The quantitative estimate of drug-likeness (QED) is 0.499. The van der Waals surface area contributed by atoms with Gasteiger partial charge in [0.05, 0.1) is 18.2 Å². The molecule has 23 heavy (non-hydrogen) atoms. The molecule has 1 N–H and O–H groups in total. The summed E-state index contributed by atoms with van der Waals surface area (Å²) in [7, 11) is 0. The molecule has 1 aromatic rings. The van der Waals surface area contributed by atoms with Gasteiger partial charge in [0, 0.05) is 16.2 Å². The molecule has 126 valence electrons. The number of ether oxygens (including phenoxy) is 1. The van der Waals surface area contributed by atoms with Crippen molar-refractivity contribution in [2.75, 3.05) is 0 Å². The zero-order chi connectivity index (χ0) is 17.0. The van der Waals surface area contributed by atoms with E-state index in [0.717, 1.165) is 30.5 Å². The highest BCUT2D eigenvalue weighted by atomic mass is 16.5. The molecule has 2 rings (SSSR count). The van der Waals surface area contributed by atoms with Crippen LogP contribution in [0.1, 0.15) is 56.9 Å². The fourth-order valence-corrected chi connectivity index (χ4v) is 3.73. The Kier molecular flexibility index (Phi) is 5.72. The lowest BCUT2D eigenvalue weighted by atomic mass is 9.81. The van der Waals surface area contributed by atoms with Gasteiger partial charge >= 0.3 is 0 Å². The van der Waals surface area contributed by atoms with Crippen LogP contribution in [-0.4, -0.2) is 11.1 Å². The van der Waals surface area contributed by atoms with Crippen molar-refractivity contribution in [1.82, 2.24) is 4.98 Å². The molecule has 6 heteroatoms. The summed E-state index contributed by atoms with van der Waals surface area (Å²) in [5.74, 6) is 1.88. The smallest absolute Gasteiger partial charge is 0.255 e. The molecule has 0 saturated heterocycles. The van der Waals surface area contributed by atoms with Crippen molar-refractivity contribution in [2.24, 2.45) is 17.0 Å². The Labute approximate surface area is 136 Å². The number of azide groups is 1. The summed E-state index contributed by atoms with van der Waals surface area (Å²) in [6.45, 7) is 8.44. The van der Waals surface area contributed by atoms with E-state index >= 15 is 0 Å². The third-order valence-corrected chi connectivity index (χ3v) is 4.64. The lowest BCUT2D eigenvalue weighted by molar-refractivity contribution is 0.0988. The third-order valence-electron chi connectivity index (χ3n) is 4.64. The average molecular weight is 318 g/mol. The fraction of sp³-hybridized carbons (Fsp3) is 0.706. The molecule has 0 bridgehead atoms. The van der Waals surface area contributed by atoms with Crippen molar-refractivity contribution < 1.29 is 4.74 Å². The number of hydrogen-bond donors (Lipinski definition) is 1. The van der Waals surface area contributed by atoms with Gasteiger partial charge in [0.15, 0.2) is 0 Å². The highest BCUT2D eigenvalue weighted by Crippen LogP contribution is 2.34. The van der Waals surface area contributed by atoms with Gasteiger partial charge in [-0.1, -0.05) is 25.9 Å². The van der Waals surface area contributed by atoms with Gasteiger partial charge in [-0.3, -0.25) is 4.79 Å². The van der Waals surface area contributed by atoms with Crippen LogP contribution in [0.25, 0.3) is 10.4 Å². The standard InChI is InChI=1S/C17H26N4O2/c1-5-14-12(4)20-17(22)15(9-19-21-18)16(14)23-13-7-10(2)6-11(3)8-13/h10-11,13H,5-9H2,1-4H3,(H,20,22). The van der Waals surface area contributed by atoms with E-state index in [1.54, 1.807) is 0 Å². The second-order valence-electron chi connectivity index (χ2n) is 6.77. The predicted octanol–water partition coefficient (Wildman–Crippen LogP) is 4.26. The van der Waals surface area contributed by atoms with E-state index in [-0.39, 0.29) is 18.2 Å². The maximum atomic E-state index is 12.3. The molecule has 6 nitrogen and oxygen atoms in total. The van der Waals surface area contributed by atoms with Gasteiger partial charge in [0.25, 0.3) is 5.56 Å². The Balaban J connectivity index is 2.41. The van der Waals surface area contributed by atoms with Crippen molar-refractivity contribution in [3.63, 3.8) is 0 Å². The first kappa shape index (κ1) is 17.4. The minimum Gasteiger partial charge on any atom is -0.490 e. The first-order chi connectivity index (χ1) is 11.0. The maximum absolute atomic E-state index is 12.3. The predicted molar refractivity (Wildman–Crippen MR) is 90.6 cm³/mol. The zero-order valence-electron chi connectivity index (χ0n) is 14.4. The van der Waals surface area contributed by atoms with Crippen LogP contribution < -0.4 is 10.3 Å². The molecule has 1 fully saturated rings. The van der Waals surface area contributed by atoms with Crippen LogP contribution in [-0.2, 0) is 13.0 Å². The van der Waals surface area contributed by atoms with E-state index in [4.69, 9.17) is 10.3 Å². The van der Waals surface area contributed by atoms with Crippen molar-refractivity contribution in [3.05, 3.63) is 37.6 Å². The second-order valence-corrected chi connectivity index (χ2v) is 6.77. The highest BCUT2D eigenvalue weighted by Gasteiger charge is 2.27. The first-order valence-electron chi connectivity index (χ1n) is 8.38. The Morgan fingerprint density at radius 1 is 1.26 bits per heavy atom. The molecule has 1 aliphatic rings. The topological polar surface area (TPSA) is 90.9 Å². The Hall–Kier alpha value is -1.94. The van der Waals surface area contributed by atoms with Crippen LogP contribution in [0.2, 0.25) is 0 Å². The summed E-state index contributed by atoms with van der Waals surface area (Å²) < 4.78 is 6.30. The van der Waals surface area contributed by atoms with E-state index in [2.05, 4.69) is 28.9 Å². The molecule has 0 aliphatic heterocycles. The molecule has 1 saturated carbocycles. The molecular weight excluding hydrogens is 292 g/mol. The SMILES string of the molecule is CCc1c(C)[nH]c(=O)c(CN=[N+]=[N-])c1OC1CC(C)CC(C)C1. The van der Waals surface area contributed by atoms with Crippen LogP contribution in [0.15, 0.2) is 9.91 Å². The fourth-order valence-electron chi connectivity index (χ4n) is 3.73. The minimum absolute atomic E-state index is 0.0201. The molecule has 0 aromatic carbocycles. The third kappa shape index (κ3) is 4.08. The molecule has 1 aromatic heterocycles. The number of aromatic amines is 1. The summed E-state index contributed by atoms with van der Waals surface area (Å²) in [4.78, 5) is 17.9. The average Bonchev–Trinajstić information content (AvgIpc) is 2.46. The number of nitrogens with one attached hydrogen (secondary N) is 1. The number of pyridine rings is 1. The van der Waals surface area contributed by atoms with Gasteiger partial charge in [0.1, 0.15) is 5.75 Å². The zero-order valence-corrected chi connectivity index (χ0v) is 14.4. The van der Waals surface area contributed by atoms with Crippen LogP contribution >= 0.6 is 0 Å². The number of hydrogen-bond acceptors (Lipinski definition) is 3. The molecule has 0 radical (unpaired) electrons. The maximum Gasteiger partial charge on any atom is 0.255 e. The molecule has 1 aliphatic carbocycles. The largest absolute Gasteiger partial charge is 0.490 e. The minimum atomic E-state index is -0.223. The van der Waals surface area contributed by atoms with Gasteiger partial charge in [-0.2, -0.15) is 0 Å². The lowest BCUT2D eigenvalue weighted by Gasteiger charge is -2.32. The molecule has 0 spiro atoms. The molecule has 1 heterocycles. The van der Waals surface area contributed by atoms with Gasteiger partial charge in [-0.25, -0.2) is 0 Å². The normalized spacial score (nSPS) is 24.1. The van der Waals surface area contributed by atoms with Gasteiger partial charge in [-0.05, 0) is 50.0 Å². The van der Waals surface area contributed by atoms with Crippen LogP contribution in [0.4, 0.5) is 0 Å². The van der Waals surface area contributed by atoms with Crippen molar-refractivity contribution in [3.8, 4) is 5.75 Å². The molecule has 0 amide bonds. The van der Waals surface area contributed by atoms with Gasteiger partial charge in [0.2, 0.25) is 0 Å². The Morgan fingerprint density at radius 2 is 1.91 bits per heavy atom.